The van der Waals surface area contributed by atoms with Crippen molar-refractivity contribution in [3.63, 3.8) is 0 Å². The van der Waals surface area contributed by atoms with E-state index in [0.717, 1.165) is 22.9 Å². The van der Waals surface area contributed by atoms with Gasteiger partial charge in [0, 0.05) is 24.8 Å². The lowest BCUT2D eigenvalue weighted by Gasteiger charge is -2.33. The average Bonchev–Trinajstić information content (AvgIpc) is 2.91. The fourth-order valence-electron chi connectivity index (χ4n) is 4.85. The number of benzene rings is 3. The zero-order valence-corrected chi connectivity index (χ0v) is 22.5. The zero-order valence-electron chi connectivity index (χ0n) is 22.5. The van der Waals surface area contributed by atoms with E-state index in [1.165, 1.54) is 6.07 Å². The molecule has 3 rings (SSSR count). The fraction of sp³-hybridized carbons (Fsp3) is 0.400. The van der Waals surface area contributed by atoms with Crippen molar-refractivity contribution in [1.82, 2.24) is 0 Å². The third-order valence-corrected chi connectivity index (χ3v) is 7.10. The van der Waals surface area contributed by atoms with Crippen molar-refractivity contribution in [2.24, 2.45) is 0 Å². The molecule has 0 saturated carbocycles. The van der Waals surface area contributed by atoms with E-state index in [1.54, 1.807) is 19.1 Å². The Labute approximate surface area is 229 Å². The number of rotatable bonds is 10. The maximum absolute atomic E-state index is 13.6. The summed E-state index contributed by atoms with van der Waals surface area (Å²) in [6.45, 7) is 3.69. The largest absolute Gasteiger partial charge is 0.430 e. The summed E-state index contributed by atoms with van der Waals surface area (Å²) in [5.41, 5.74) is -1.08. The zero-order chi connectivity index (χ0) is 29.9. The second-order valence-corrected chi connectivity index (χ2v) is 9.80. The van der Waals surface area contributed by atoms with Gasteiger partial charge in [-0.05, 0) is 63.9 Å². The number of anilines is 1. The first-order chi connectivity index (χ1) is 18.7. The number of aryl methyl sites for hydroxylation is 2. The molecule has 218 valence electrons. The van der Waals surface area contributed by atoms with Gasteiger partial charge in [-0.3, -0.25) is 0 Å². The Hall–Kier alpha value is -3.08. The highest BCUT2D eigenvalue weighted by atomic mass is 19.4. The molecule has 0 fully saturated rings. The second kappa shape index (κ2) is 12.2. The minimum atomic E-state index is -5.96. The molecule has 3 N–H and O–H groups in total. The van der Waals surface area contributed by atoms with Crippen LogP contribution in [0.4, 0.5) is 32.0 Å². The van der Waals surface area contributed by atoms with Crippen LogP contribution in [0.15, 0.2) is 54.6 Å². The molecule has 4 nitrogen and oxygen atoms in total. The highest BCUT2D eigenvalue weighted by molar-refractivity contribution is 5.75. The molecular formula is C30H33F6NO3. The van der Waals surface area contributed by atoms with E-state index in [0.29, 0.717) is 47.7 Å². The molecule has 0 atom stereocenters. The highest BCUT2D eigenvalue weighted by Gasteiger charge is 2.71. The quantitative estimate of drug-likeness (QED) is 0.235. The molecule has 0 saturated heterocycles. The maximum atomic E-state index is 13.6. The second-order valence-electron chi connectivity index (χ2n) is 9.80. The van der Waals surface area contributed by atoms with Gasteiger partial charge in [-0.25, -0.2) is 0 Å². The van der Waals surface area contributed by atoms with Crippen molar-refractivity contribution < 1.29 is 41.7 Å². The Morgan fingerprint density at radius 3 is 1.88 bits per heavy atom. The number of alkyl halides is 6. The number of aliphatic hydroxyl groups is 3. The van der Waals surface area contributed by atoms with Crippen molar-refractivity contribution >= 4 is 5.69 Å². The lowest BCUT2D eigenvalue weighted by atomic mass is 9.85. The van der Waals surface area contributed by atoms with E-state index in [4.69, 9.17) is 0 Å². The topological polar surface area (TPSA) is 63.9 Å². The predicted octanol–water partition coefficient (Wildman–Crippen LogP) is 6.80. The molecule has 0 aliphatic heterocycles. The van der Waals surface area contributed by atoms with Gasteiger partial charge in [0.1, 0.15) is 0 Å². The minimum absolute atomic E-state index is 0.198. The molecule has 0 unspecified atom stereocenters. The van der Waals surface area contributed by atoms with Gasteiger partial charge < -0.3 is 20.2 Å². The standard InChI is InChI=1S/C30H33F6NO3/c1-4-6-21-14-24(28(40,29(31,32)33)30(34,35)36)10-12-26(21)27-15-25(11-9-20(27)5-2)37(3)16-19-7-8-22(17-38)23(13-19)18-39/h7-15,38-40H,4-6,16-18H2,1-3H3. The predicted molar refractivity (Wildman–Crippen MR) is 142 cm³/mol. The van der Waals surface area contributed by atoms with E-state index in [2.05, 4.69) is 0 Å². The summed E-state index contributed by atoms with van der Waals surface area (Å²) in [7, 11) is 1.84. The van der Waals surface area contributed by atoms with E-state index in [-0.39, 0.29) is 25.2 Å². The van der Waals surface area contributed by atoms with Gasteiger partial charge in [0.25, 0.3) is 5.60 Å². The molecule has 10 heteroatoms. The first-order valence-corrected chi connectivity index (χ1v) is 12.9. The third-order valence-electron chi connectivity index (χ3n) is 7.10. The molecule has 0 amide bonds. The number of aliphatic hydroxyl groups excluding tert-OH is 2. The Bertz CT molecular complexity index is 1310. The van der Waals surface area contributed by atoms with Crippen LogP contribution in [-0.2, 0) is 38.2 Å². The Kier molecular flexibility index (Phi) is 9.59. The summed E-state index contributed by atoms with van der Waals surface area (Å²) in [6.07, 6.45) is -10.7. The van der Waals surface area contributed by atoms with Crippen molar-refractivity contribution in [1.29, 1.82) is 0 Å². The normalized spacial score (nSPS) is 12.6. The Balaban J connectivity index is 2.09. The number of hydrogen-bond acceptors (Lipinski definition) is 4. The Morgan fingerprint density at radius 2 is 1.32 bits per heavy atom. The van der Waals surface area contributed by atoms with Crippen molar-refractivity contribution in [2.45, 2.75) is 70.8 Å². The molecular weight excluding hydrogens is 536 g/mol. The van der Waals surface area contributed by atoms with Crippen LogP contribution in [0.5, 0.6) is 0 Å². The van der Waals surface area contributed by atoms with Crippen LogP contribution in [0.2, 0.25) is 0 Å². The fourth-order valence-corrected chi connectivity index (χ4v) is 4.85. The summed E-state index contributed by atoms with van der Waals surface area (Å²) in [6, 6.07) is 13.7. The molecule has 3 aromatic carbocycles. The molecule has 0 spiro atoms. The molecule has 0 bridgehead atoms. The number of hydrogen-bond donors (Lipinski definition) is 3. The first kappa shape index (κ1) is 31.4. The molecule has 0 aromatic heterocycles. The van der Waals surface area contributed by atoms with Crippen LogP contribution in [-0.4, -0.2) is 34.7 Å². The summed E-state index contributed by atoms with van der Waals surface area (Å²) in [5, 5.41) is 29.0. The maximum Gasteiger partial charge on any atom is 0.430 e. The van der Waals surface area contributed by atoms with Gasteiger partial charge in [0.05, 0.1) is 13.2 Å². The van der Waals surface area contributed by atoms with Crippen LogP contribution < -0.4 is 4.90 Å². The number of nitrogens with zero attached hydrogens (tertiary/aromatic N) is 1. The molecule has 0 radical (unpaired) electrons. The van der Waals surface area contributed by atoms with Crippen molar-refractivity contribution in [2.75, 3.05) is 11.9 Å². The van der Waals surface area contributed by atoms with Crippen LogP contribution in [0.1, 0.15) is 53.6 Å². The van der Waals surface area contributed by atoms with E-state index in [9.17, 15) is 41.7 Å². The summed E-state index contributed by atoms with van der Waals surface area (Å²) >= 11 is 0. The minimum Gasteiger partial charge on any atom is -0.392 e. The summed E-state index contributed by atoms with van der Waals surface area (Å²) in [5.74, 6) is 0. The van der Waals surface area contributed by atoms with E-state index < -0.39 is 23.5 Å². The van der Waals surface area contributed by atoms with Gasteiger partial charge in [-0.1, -0.05) is 62.7 Å². The van der Waals surface area contributed by atoms with Crippen molar-refractivity contribution in [3.8, 4) is 11.1 Å². The van der Waals surface area contributed by atoms with Crippen LogP contribution in [0.3, 0.4) is 0 Å². The van der Waals surface area contributed by atoms with Gasteiger partial charge in [-0.15, -0.1) is 0 Å². The van der Waals surface area contributed by atoms with E-state index in [1.807, 2.05) is 43.1 Å². The first-order valence-electron chi connectivity index (χ1n) is 12.9. The van der Waals surface area contributed by atoms with Gasteiger partial charge >= 0.3 is 12.4 Å². The molecule has 3 aromatic rings. The van der Waals surface area contributed by atoms with Crippen molar-refractivity contribution in [3.05, 3.63) is 88.0 Å². The van der Waals surface area contributed by atoms with Gasteiger partial charge in [0.2, 0.25) is 0 Å². The summed E-state index contributed by atoms with van der Waals surface area (Å²) < 4.78 is 81.3. The lowest BCUT2D eigenvalue weighted by molar-refractivity contribution is -0.376. The summed E-state index contributed by atoms with van der Waals surface area (Å²) in [4.78, 5) is 1.93. The Morgan fingerprint density at radius 1 is 0.700 bits per heavy atom. The lowest BCUT2D eigenvalue weighted by Crippen LogP contribution is -2.53. The highest BCUT2D eigenvalue weighted by Crippen LogP contribution is 2.50. The molecule has 0 heterocycles. The monoisotopic (exact) mass is 569 g/mol. The van der Waals surface area contributed by atoms with Gasteiger partial charge in [-0.2, -0.15) is 26.3 Å². The van der Waals surface area contributed by atoms with Crippen LogP contribution in [0, 0.1) is 0 Å². The third kappa shape index (κ3) is 6.14. The smallest absolute Gasteiger partial charge is 0.392 e. The molecule has 40 heavy (non-hydrogen) atoms. The van der Waals surface area contributed by atoms with E-state index >= 15 is 0 Å². The SMILES string of the molecule is CCCc1cc(C(O)(C(F)(F)F)C(F)(F)F)ccc1-c1cc(N(C)Cc2ccc(CO)c(CO)c2)ccc1CC. The molecule has 0 aliphatic rings. The average molecular weight is 570 g/mol. The van der Waals surface area contributed by atoms with Crippen LogP contribution >= 0.6 is 0 Å². The number of halogens is 6. The molecule has 0 aliphatic carbocycles. The van der Waals surface area contributed by atoms with Gasteiger partial charge in [0.15, 0.2) is 0 Å². The van der Waals surface area contributed by atoms with Crippen LogP contribution in [0.25, 0.3) is 11.1 Å².